The maximum absolute atomic E-state index is 13.7. The van der Waals surface area contributed by atoms with Crippen molar-refractivity contribution in [3.8, 4) is 6.07 Å². The molecular formula is C26H24FN3O2S. The standard InChI is InChI=1S/C26H24FN3O2S/c27-23-4-1-3-21(15-23)18-30(17-20-8-6-19(16-28)7-9-20)25(31)22-10-12-29(13-11-22)26(32)24-5-2-14-33-24/h1-9,14-15,22H,10-13,17-18H2. The second-order valence-electron chi connectivity index (χ2n) is 8.18. The second kappa shape index (κ2) is 10.4. The van der Waals surface area contributed by atoms with Gasteiger partial charge in [-0.2, -0.15) is 5.26 Å². The molecule has 0 bridgehead atoms. The van der Waals surface area contributed by atoms with Gasteiger partial charge in [0.05, 0.1) is 16.5 Å². The van der Waals surface area contributed by atoms with E-state index in [1.807, 2.05) is 40.6 Å². The molecule has 0 unspecified atom stereocenters. The lowest BCUT2D eigenvalue weighted by Crippen LogP contribution is -2.44. The van der Waals surface area contributed by atoms with Crippen LogP contribution in [0.3, 0.4) is 0 Å². The van der Waals surface area contributed by atoms with Crippen molar-refractivity contribution in [1.29, 1.82) is 5.26 Å². The number of nitrogens with zero attached hydrogens (tertiary/aromatic N) is 3. The monoisotopic (exact) mass is 461 g/mol. The average molecular weight is 462 g/mol. The van der Waals surface area contributed by atoms with Crippen LogP contribution in [0.1, 0.15) is 39.2 Å². The minimum atomic E-state index is -0.335. The Morgan fingerprint density at radius 1 is 1.03 bits per heavy atom. The molecule has 2 heterocycles. The predicted octanol–water partition coefficient (Wildman–Crippen LogP) is 4.84. The normalized spacial score (nSPS) is 14.0. The Labute approximate surface area is 196 Å². The largest absolute Gasteiger partial charge is 0.338 e. The first-order valence-electron chi connectivity index (χ1n) is 10.9. The van der Waals surface area contributed by atoms with Crippen molar-refractivity contribution >= 4 is 23.2 Å². The molecule has 2 amide bonds. The number of piperidine rings is 1. The maximum Gasteiger partial charge on any atom is 0.263 e. The van der Waals surface area contributed by atoms with Gasteiger partial charge in [0.15, 0.2) is 0 Å². The van der Waals surface area contributed by atoms with Gasteiger partial charge in [-0.25, -0.2) is 4.39 Å². The lowest BCUT2D eigenvalue weighted by atomic mass is 9.94. The van der Waals surface area contributed by atoms with Crippen molar-refractivity contribution < 1.29 is 14.0 Å². The van der Waals surface area contributed by atoms with Crippen molar-refractivity contribution in [2.24, 2.45) is 5.92 Å². The van der Waals surface area contributed by atoms with Crippen molar-refractivity contribution in [2.75, 3.05) is 13.1 Å². The van der Waals surface area contributed by atoms with Gasteiger partial charge in [0.2, 0.25) is 5.91 Å². The Balaban J connectivity index is 1.46. The smallest absolute Gasteiger partial charge is 0.263 e. The van der Waals surface area contributed by atoms with Gasteiger partial charge in [-0.05, 0) is 59.7 Å². The van der Waals surface area contributed by atoms with Crippen LogP contribution in [-0.4, -0.2) is 34.7 Å². The highest BCUT2D eigenvalue weighted by atomic mass is 32.1. The second-order valence-corrected chi connectivity index (χ2v) is 9.12. The number of hydrogen-bond acceptors (Lipinski definition) is 4. The molecular weight excluding hydrogens is 437 g/mol. The Morgan fingerprint density at radius 3 is 2.39 bits per heavy atom. The van der Waals surface area contributed by atoms with E-state index in [0.717, 1.165) is 11.1 Å². The van der Waals surface area contributed by atoms with Crippen LogP contribution in [0.2, 0.25) is 0 Å². The molecule has 0 aliphatic carbocycles. The first kappa shape index (κ1) is 22.7. The summed E-state index contributed by atoms with van der Waals surface area (Å²) in [5.74, 6) is -0.500. The van der Waals surface area contributed by atoms with E-state index in [-0.39, 0.29) is 23.5 Å². The van der Waals surface area contributed by atoms with E-state index in [1.54, 1.807) is 23.1 Å². The first-order chi connectivity index (χ1) is 16.0. The third kappa shape index (κ3) is 5.65. The lowest BCUT2D eigenvalue weighted by Gasteiger charge is -2.34. The van der Waals surface area contributed by atoms with Crippen molar-refractivity contribution in [1.82, 2.24) is 9.80 Å². The fourth-order valence-electron chi connectivity index (χ4n) is 4.12. The molecule has 168 valence electrons. The molecule has 1 aliphatic rings. The van der Waals surface area contributed by atoms with E-state index in [1.165, 1.54) is 23.5 Å². The van der Waals surface area contributed by atoms with Crippen LogP contribution < -0.4 is 0 Å². The van der Waals surface area contributed by atoms with Crippen LogP contribution in [0.5, 0.6) is 0 Å². The summed E-state index contributed by atoms with van der Waals surface area (Å²) >= 11 is 1.43. The molecule has 5 nitrogen and oxygen atoms in total. The molecule has 1 saturated heterocycles. The first-order valence-corrected chi connectivity index (χ1v) is 11.8. The third-order valence-electron chi connectivity index (χ3n) is 5.89. The van der Waals surface area contributed by atoms with Crippen LogP contribution in [0.25, 0.3) is 0 Å². The number of thiophene rings is 1. The minimum Gasteiger partial charge on any atom is -0.338 e. The summed E-state index contributed by atoms with van der Waals surface area (Å²) in [6.07, 6.45) is 1.20. The highest BCUT2D eigenvalue weighted by Crippen LogP contribution is 2.24. The summed E-state index contributed by atoms with van der Waals surface area (Å²) in [5, 5.41) is 10.9. The third-order valence-corrected chi connectivity index (χ3v) is 6.75. The molecule has 0 spiro atoms. The van der Waals surface area contributed by atoms with Gasteiger partial charge in [0.1, 0.15) is 5.82 Å². The Morgan fingerprint density at radius 2 is 1.76 bits per heavy atom. The quantitative estimate of drug-likeness (QED) is 0.528. The number of carbonyl (C=O) groups excluding carboxylic acids is 2. The predicted molar refractivity (Wildman–Crippen MR) is 125 cm³/mol. The molecule has 1 fully saturated rings. The summed E-state index contributed by atoms with van der Waals surface area (Å²) in [5.41, 5.74) is 2.19. The lowest BCUT2D eigenvalue weighted by molar-refractivity contribution is -0.138. The summed E-state index contributed by atoms with van der Waals surface area (Å²) < 4.78 is 13.7. The molecule has 0 atom stereocenters. The molecule has 1 aromatic heterocycles. The number of nitriles is 1. The topological polar surface area (TPSA) is 64.4 Å². The van der Waals surface area contributed by atoms with Gasteiger partial charge < -0.3 is 9.80 Å². The summed E-state index contributed by atoms with van der Waals surface area (Å²) in [7, 11) is 0. The van der Waals surface area contributed by atoms with Crippen LogP contribution in [-0.2, 0) is 17.9 Å². The Kier molecular flexibility index (Phi) is 7.16. The number of amides is 2. The van der Waals surface area contributed by atoms with E-state index < -0.39 is 0 Å². The molecule has 33 heavy (non-hydrogen) atoms. The molecule has 0 radical (unpaired) electrons. The van der Waals surface area contributed by atoms with Crippen molar-refractivity contribution in [2.45, 2.75) is 25.9 Å². The summed E-state index contributed by atoms with van der Waals surface area (Å²) in [6.45, 7) is 1.75. The number of likely N-dealkylation sites (tertiary alicyclic amines) is 1. The van der Waals surface area contributed by atoms with E-state index in [0.29, 0.717) is 49.5 Å². The van der Waals surface area contributed by atoms with Crippen LogP contribution >= 0.6 is 11.3 Å². The minimum absolute atomic E-state index is 0.00634. The van der Waals surface area contributed by atoms with E-state index >= 15 is 0 Å². The van der Waals surface area contributed by atoms with Gasteiger partial charge in [-0.3, -0.25) is 9.59 Å². The van der Waals surface area contributed by atoms with Gasteiger partial charge in [0.25, 0.3) is 5.91 Å². The van der Waals surface area contributed by atoms with Crippen molar-refractivity contribution in [3.63, 3.8) is 0 Å². The number of hydrogen-bond donors (Lipinski definition) is 0. The molecule has 1 aliphatic heterocycles. The molecule has 0 N–H and O–H groups in total. The highest BCUT2D eigenvalue weighted by Gasteiger charge is 2.31. The zero-order valence-corrected chi connectivity index (χ0v) is 18.9. The van der Waals surface area contributed by atoms with E-state index in [2.05, 4.69) is 6.07 Å². The molecule has 7 heteroatoms. The number of benzene rings is 2. The molecule has 2 aromatic carbocycles. The number of rotatable bonds is 6. The van der Waals surface area contributed by atoms with Crippen LogP contribution in [0, 0.1) is 23.1 Å². The summed E-state index contributed by atoms with van der Waals surface area (Å²) in [4.78, 5) is 30.4. The van der Waals surface area contributed by atoms with Gasteiger partial charge in [-0.1, -0.05) is 30.3 Å². The zero-order valence-electron chi connectivity index (χ0n) is 18.1. The van der Waals surface area contributed by atoms with E-state index in [9.17, 15) is 14.0 Å². The fraction of sp³-hybridized carbons (Fsp3) is 0.269. The molecule has 3 aromatic rings. The fourth-order valence-corrected chi connectivity index (χ4v) is 4.81. The molecule has 0 saturated carbocycles. The Bertz CT molecular complexity index is 1150. The van der Waals surface area contributed by atoms with Gasteiger partial charge in [-0.15, -0.1) is 11.3 Å². The van der Waals surface area contributed by atoms with Crippen LogP contribution in [0.15, 0.2) is 66.0 Å². The van der Waals surface area contributed by atoms with E-state index in [4.69, 9.17) is 5.26 Å². The number of carbonyl (C=O) groups is 2. The summed E-state index contributed by atoms with van der Waals surface area (Å²) in [6, 6.07) is 19.2. The number of halogens is 1. The average Bonchev–Trinajstić information content (AvgIpc) is 3.38. The van der Waals surface area contributed by atoms with Crippen molar-refractivity contribution in [3.05, 3.63) is 93.4 Å². The highest BCUT2D eigenvalue weighted by molar-refractivity contribution is 7.12. The SMILES string of the molecule is N#Cc1ccc(CN(Cc2cccc(F)c2)C(=O)C2CCN(C(=O)c3cccs3)CC2)cc1. The maximum atomic E-state index is 13.7. The van der Waals surface area contributed by atoms with Gasteiger partial charge >= 0.3 is 0 Å². The zero-order chi connectivity index (χ0) is 23.2. The van der Waals surface area contributed by atoms with Crippen LogP contribution in [0.4, 0.5) is 4.39 Å². The Hall–Kier alpha value is -3.50. The molecule has 4 rings (SSSR count). The van der Waals surface area contributed by atoms with Gasteiger partial charge in [0, 0.05) is 32.1 Å².